The summed E-state index contributed by atoms with van der Waals surface area (Å²) in [6.07, 6.45) is 2.08. The number of anilines is 2. The second kappa shape index (κ2) is 10.1. The Morgan fingerprint density at radius 2 is 1.24 bits per heavy atom. The number of rotatable bonds is 8. The molecule has 0 aliphatic carbocycles. The van der Waals surface area contributed by atoms with Crippen LogP contribution in [-0.2, 0) is 0 Å². The molecule has 0 saturated heterocycles. The van der Waals surface area contributed by atoms with Gasteiger partial charge in [0.2, 0.25) is 0 Å². The molecule has 5 nitrogen and oxygen atoms in total. The third kappa shape index (κ3) is 5.94. The van der Waals surface area contributed by atoms with Crippen molar-refractivity contribution in [2.45, 2.75) is 19.8 Å². The lowest BCUT2D eigenvalue weighted by Gasteiger charge is -2.09. The molecule has 3 rings (SSSR count). The highest BCUT2D eigenvalue weighted by Crippen LogP contribution is 2.17. The van der Waals surface area contributed by atoms with E-state index in [1.54, 1.807) is 60.7 Å². The van der Waals surface area contributed by atoms with E-state index < -0.39 is 0 Å². The molecule has 5 heteroatoms. The zero-order valence-corrected chi connectivity index (χ0v) is 16.4. The first-order valence-electron chi connectivity index (χ1n) is 9.66. The van der Waals surface area contributed by atoms with Gasteiger partial charge in [-0.2, -0.15) is 0 Å². The van der Waals surface area contributed by atoms with Crippen LogP contribution >= 0.6 is 0 Å². The van der Waals surface area contributed by atoms with Gasteiger partial charge in [-0.1, -0.05) is 31.5 Å². The number of amides is 2. The van der Waals surface area contributed by atoms with Crippen molar-refractivity contribution in [3.05, 3.63) is 90.0 Å². The molecule has 0 spiro atoms. The molecule has 148 valence electrons. The number of hydrogen-bond donors (Lipinski definition) is 2. The Kier molecular flexibility index (Phi) is 7.00. The summed E-state index contributed by atoms with van der Waals surface area (Å²) in [6, 6.07) is 23.1. The lowest BCUT2D eigenvalue weighted by Crippen LogP contribution is -2.13. The molecule has 0 aromatic heterocycles. The topological polar surface area (TPSA) is 67.4 Å². The van der Waals surface area contributed by atoms with Crippen molar-refractivity contribution < 1.29 is 14.3 Å². The Morgan fingerprint density at radius 3 is 1.76 bits per heavy atom. The SMILES string of the molecule is CCCCOc1ccc(C(=O)Nc2ccc(NC(=O)c3ccccc3)cc2)cc1. The molecule has 0 aliphatic heterocycles. The van der Waals surface area contributed by atoms with Crippen LogP contribution in [0.3, 0.4) is 0 Å². The standard InChI is InChI=1S/C24H24N2O3/c1-2-3-17-29-22-15-9-19(10-16-22)24(28)26-21-13-11-20(12-14-21)25-23(27)18-7-5-4-6-8-18/h4-16H,2-3,17H2,1H3,(H,25,27)(H,26,28). The van der Waals surface area contributed by atoms with E-state index in [4.69, 9.17) is 4.74 Å². The fourth-order valence-electron chi connectivity index (χ4n) is 2.67. The Bertz CT molecular complexity index is 936. The van der Waals surface area contributed by atoms with Crippen LogP contribution < -0.4 is 15.4 Å². The summed E-state index contributed by atoms with van der Waals surface area (Å²) in [5, 5.41) is 5.68. The Balaban J connectivity index is 1.55. The average molecular weight is 388 g/mol. The van der Waals surface area contributed by atoms with Crippen LogP contribution in [-0.4, -0.2) is 18.4 Å². The molecule has 0 atom stereocenters. The highest BCUT2D eigenvalue weighted by atomic mass is 16.5. The minimum atomic E-state index is -0.203. The predicted molar refractivity (Wildman–Crippen MR) is 116 cm³/mol. The van der Waals surface area contributed by atoms with Crippen molar-refractivity contribution in [3.63, 3.8) is 0 Å². The number of hydrogen-bond acceptors (Lipinski definition) is 3. The van der Waals surface area contributed by atoms with E-state index in [2.05, 4.69) is 17.6 Å². The van der Waals surface area contributed by atoms with Gasteiger partial charge >= 0.3 is 0 Å². The van der Waals surface area contributed by atoms with Gasteiger partial charge in [-0.3, -0.25) is 9.59 Å². The minimum Gasteiger partial charge on any atom is -0.494 e. The molecule has 3 aromatic rings. The molecule has 0 aliphatic rings. The zero-order valence-electron chi connectivity index (χ0n) is 16.4. The second-order valence-corrected chi connectivity index (χ2v) is 6.58. The smallest absolute Gasteiger partial charge is 0.255 e. The number of carbonyl (C=O) groups excluding carboxylic acids is 2. The Morgan fingerprint density at radius 1 is 0.724 bits per heavy atom. The molecular weight excluding hydrogens is 364 g/mol. The summed E-state index contributed by atoms with van der Waals surface area (Å²) >= 11 is 0. The van der Waals surface area contributed by atoms with Gasteiger partial charge in [0.05, 0.1) is 6.61 Å². The quantitative estimate of drug-likeness (QED) is 0.510. The van der Waals surface area contributed by atoms with E-state index in [0.29, 0.717) is 29.1 Å². The van der Waals surface area contributed by atoms with Crippen molar-refractivity contribution in [1.82, 2.24) is 0 Å². The zero-order chi connectivity index (χ0) is 20.5. The van der Waals surface area contributed by atoms with E-state index in [9.17, 15) is 9.59 Å². The van der Waals surface area contributed by atoms with Crippen LogP contribution in [0, 0.1) is 0 Å². The van der Waals surface area contributed by atoms with Gasteiger partial charge in [-0.15, -0.1) is 0 Å². The van der Waals surface area contributed by atoms with E-state index in [0.717, 1.165) is 18.6 Å². The summed E-state index contributed by atoms with van der Waals surface area (Å²) in [5.41, 5.74) is 2.45. The molecule has 0 saturated carbocycles. The van der Waals surface area contributed by atoms with Crippen LogP contribution in [0.1, 0.15) is 40.5 Å². The summed E-state index contributed by atoms with van der Waals surface area (Å²) in [4.78, 5) is 24.6. The van der Waals surface area contributed by atoms with Gasteiger partial charge in [0.1, 0.15) is 5.75 Å². The van der Waals surface area contributed by atoms with Crippen LogP contribution in [0.25, 0.3) is 0 Å². The van der Waals surface area contributed by atoms with Crippen molar-refractivity contribution in [1.29, 1.82) is 0 Å². The first-order chi connectivity index (χ1) is 14.2. The molecule has 0 heterocycles. The number of carbonyl (C=O) groups is 2. The monoisotopic (exact) mass is 388 g/mol. The maximum absolute atomic E-state index is 12.4. The number of ether oxygens (including phenoxy) is 1. The van der Waals surface area contributed by atoms with Crippen molar-refractivity contribution in [2.75, 3.05) is 17.2 Å². The largest absolute Gasteiger partial charge is 0.494 e. The molecular formula is C24H24N2O3. The fraction of sp³-hybridized carbons (Fsp3) is 0.167. The molecule has 0 fully saturated rings. The first kappa shape index (κ1) is 20.1. The number of nitrogens with one attached hydrogen (secondary N) is 2. The average Bonchev–Trinajstić information content (AvgIpc) is 2.76. The van der Waals surface area contributed by atoms with Gasteiger partial charge in [0.15, 0.2) is 0 Å². The molecule has 3 aromatic carbocycles. The fourth-order valence-corrected chi connectivity index (χ4v) is 2.67. The molecule has 29 heavy (non-hydrogen) atoms. The van der Waals surface area contributed by atoms with Crippen molar-refractivity contribution in [3.8, 4) is 5.75 Å². The van der Waals surface area contributed by atoms with Crippen LogP contribution in [0.5, 0.6) is 5.75 Å². The van der Waals surface area contributed by atoms with Crippen LogP contribution in [0.15, 0.2) is 78.9 Å². The lowest BCUT2D eigenvalue weighted by atomic mass is 10.2. The summed E-state index contributed by atoms with van der Waals surface area (Å²) in [6.45, 7) is 2.79. The van der Waals surface area contributed by atoms with Crippen molar-refractivity contribution in [2.24, 2.45) is 0 Å². The van der Waals surface area contributed by atoms with Crippen molar-refractivity contribution >= 4 is 23.2 Å². The minimum absolute atomic E-state index is 0.177. The van der Waals surface area contributed by atoms with Gasteiger partial charge in [0, 0.05) is 22.5 Å². The lowest BCUT2D eigenvalue weighted by molar-refractivity contribution is 0.101. The Hall–Kier alpha value is -3.60. The summed E-state index contributed by atoms with van der Waals surface area (Å²) in [5.74, 6) is 0.378. The predicted octanol–water partition coefficient (Wildman–Crippen LogP) is 5.37. The van der Waals surface area contributed by atoms with Crippen LogP contribution in [0.2, 0.25) is 0 Å². The first-order valence-corrected chi connectivity index (χ1v) is 9.66. The number of unbranched alkanes of at least 4 members (excludes halogenated alkanes) is 1. The second-order valence-electron chi connectivity index (χ2n) is 6.58. The van der Waals surface area contributed by atoms with E-state index in [1.165, 1.54) is 0 Å². The van der Waals surface area contributed by atoms with Gasteiger partial charge in [-0.05, 0) is 67.1 Å². The van der Waals surface area contributed by atoms with E-state index >= 15 is 0 Å². The summed E-state index contributed by atoms with van der Waals surface area (Å²) < 4.78 is 5.61. The molecule has 0 radical (unpaired) electrons. The maximum Gasteiger partial charge on any atom is 0.255 e. The van der Waals surface area contributed by atoms with E-state index in [1.807, 2.05) is 18.2 Å². The van der Waals surface area contributed by atoms with Gasteiger partial charge in [-0.25, -0.2) is 0 Å². The molecule has 0 bridgehead atoms. The van der Waals surface area contributed by atoms with Gasteiger partial charge in [0.25, 0.3) is 11.8 Å². The molecule has 2 amide bonds. The highest BCUT2D eigenvalue weighted by Gasteiger charge is 2.08. The van der Waals surface area contributed by atoms with E-state index in [-0.39, 0.29) is 11.8 Å². The third-order valence-corrected chi connectivity index (χ3v) is 4.32. The third-order valence-electron chi connectivity index (χ3n) is 4.32. The van der Waals surface area contributed by atoms with Crippen LogP contribution in [0.4, 0.5) is 11.4 Å². The summed E-state index contributed by atoms with van der Waals surface area (Å²) in [7, 11) is 0. The Labute approximate surface area is 170 Å². The normalized spacial score (nSPS) is 10.2. The molecule has 2 N–H and O–H groups in total. The van der Waals surface area contributed by atoms with Gasteiger partial charge < -0.3 is 15.4 Å². The highest BCUT2D eigenvalue weighted by molar-refractivity contribution is 6.05. The maximum atomic E-state index is 12.4. The molecule has 0 unspecified atom stereocenters. The number of benzene rings is 3.